The SMILES string of the molecule is CC(C)(c1ccccc1)c1nnc(CO)n1C(C)(C)C. The maximum atomic E-state index is 9.51. The van der Waals surface area contributed by atoms with Crippen molar-refractivity contribution in [2.24, 2.45) is 0 Å². The maximum Gasteiger partial charge on any atom is 0.159 e. The van der Waals surface area contributed by atoms with E-state index in [1.165, 1.54) is 5.56 Å². The third kappa shape index (κ3) is 2.48. The summed E-state index contributed by atoms with van der Waals surface area (Å²) in [6.45, 7) is 10.5. The van der Waals surface area contributed by atoms with Gasteiger partial charge >= 0.3 is 0 Å². The number of aliphatic hydroxyl groups excluding tert-OH is 1. The molecule has 0 atom stereocenters. The zero-order valence-electron chi connectivity index (χ0n) is 12.9. The van der Waals surface area contributed by atoms with Gasteiger partial charge in [0, 0.05) is 11.0 Å². The monoisotopic (exact) mass is 273 g/mol. The summed E-state index contributed by atoms with van der Waals surface area (Å²) in [4.78, 5) is 0. The van der Waals surface area contributed by atoms with Crippen LogP contribution in [0.25, 0.3) is 0 Å². The number of aliphatic hydroxyl groups is 1. The molecule has 1 N–H and O–H groups in total. The van der Waals surface area contributed by atoms with E-state index in [0.29, 0.717) is 5.82 Å². The minimum atomic E-state index is -0.269. The van der Waals surface area contributed by atoms with Gasteiger partial charge in [0.1, 0.15) is 12.4 Å². The Hall–Kier alpha value is -1.68. The predicted octanol–water partition coefficient (Wildman–Crippen LogP) is 2.85. The van der Waals surface area contributed by atoms with Gasteiger partial charge in [-0.05, 0) is 40.2 Å². The highest BCUT2D eigenvalue weighted by atomic mass is 16.3. The van der Waals surface area contributed by atoms with Crippen LogP contribution in [0.5, 0.6) is 0 Å². The van der Waals surface area contributed by atoms with E-state index >= 15 is 0 Å². The second-order valence-electron chi connectivity index (χ2n) is 6.60. The molecule has 4 heteroatoms. The van der Waals surface area contributed by atoms with Crippen LogP contribution >= 0.6 is 0 Å². The normalized spacial score (nSPS) is 12.7. The first-order valence-electron chi connectivity index (χ1n) is 6.90. The minimum absolute atomic E-state index is 0.102. The van der Waals surface area contributed by atoms with E-state index in [-0.39, 0.29) is 17.6 Å². The Kier molecular flexibility index (Phi) is 3.69. The summed E-state index contributed by atoms with van der Waals surface area (Å²) in [7, 11) is 0. The molecule has 108 valence electrons. The van der Waals surface area contributed by atoms with Gasteiger partial charge in [0.25, 0.3) is 0 Å². The molecule has 2 rings (SSSR count). The van der Waals surface area contributed by atoms with Gasteiger partial charge in [0.2, 0.25) is 0 Å². The van der Waals surface area contributed by atoms with Crippen LogP contribution in [0.4, 0.5) is 0 Å². The zero-order valence-corrected chi connectivity index (χ0v) is 12.9. The first-order chi connectivity index (χ1) is 9.28. The standard InChI is InChI=1S/C16H23N3O/c1-15(2,3)19-13(11-20)17-18-14(19)16(4,5)12-9-7-6-8-10-12/h6-10,20H,11H2,1-5H3. The summed E-state index contributed by atoms with van der Waals surface area (Å²) < 4.78 is 2.04. The van der Waals surface area contributed by atoms with Crippen molar-refractivity contribution >= 4 is 0 Å². The number of hydrogen-bond donors (Lipinski definition) is 1. The van der Waals surface area contributed by atoms with Crippen LogP contribution in [0.3, 0.4) is 0 Å². The molecule has 0 aliphatic carbocycles. The summed E-state index contributed by atoms with van der Waals surface area (Å²) >= 11 is 0. The highest BCUT2D eigenvalue weighted by molar-refractivity contribution is 5.31. The van der Waals surface area contributed by atoms with Crippen LogP contribution in [0, 0.1) is 0 Å². The highest BCUT2D eigenvalue weighted by Gasteiger charge is 2.33. The topological polar surface area (TPSA) is 50.9 Å². The van der Waals surface area contributed by atoms with E-state index in [9.17, 15) is 5.11 Å². The van der Waals surface area contributed by atoms with Crippen LogP contribution in [0.15, 0.2) is 30.3 Å². The van der Waals surface area contributed by atoms with E-state index in [2.05, 4.69) is 56.9 Å². The Labute approximate surface area is 120 Å². The number of nitrogens with zero attached hydrogens (tertiary/aromatic N) is 3. The summed E-state index contributed by atoms with van der Waals surface area (Å²) in [5.41, 5.74) is 0.736. The quantitative estimate of drug-likeness (QED) is 0.935. The summed E-state index contributed by atoms with van der Waals surface area (Å²) in [5, 5.41) is 18.0. The van der Waals surface area contributed by atoms with Crippen molar-refractivity contribution in [2.75, 3.05) is 0 Å². The fourth-order valence-corrected chi connectivity index (χ4v) is 2.51. The molecule has 0 bridgehead atoms. The molecule has 0 saturated heterocycles. The highest BCUT2D eigenvalue weighted by Crippen LogP contribution is 2.33. The third-order valence-corrected chi connectivity index (χ3v) is 3.60. The van der Waals surface area contributed by atoms with E-state index in [1.807, 2.05) is 22.8 Å². The fourth-order valence-electron chi connectivity index (χ4n) is 2.51. The lowest BCUT2D eigenvalue weighted by molar-refractivity contribution is 0.245. The number of aromatic nitrogens is 3. The lowest BCUT2D eigenvalue weighted by atomic mass is 9.83. The average molecular weight is 273 g/mol. The number of hydrogen-bond acceptors (Lipinski definition) is 3. The molecule has 0 spiro atoms. The van der Waals surface area contributed by atoms with E-state index in [4.69, 9.17) is 0 Å². The molecule has 0 saturated carbocycles. The molecule has 1 heterocycles. The largest absolute Gasteiger partial charge is 0.388 e. The second-order valence-corrected chi connectivity index (χ2v) is 6.60. The number of rotatable bonds is 3. The van der Waals surface area contributed by atoms with E-state index in [0.717, 1.165) is 5.82 Å². The Morgan fingerprint density at radius 2 is 1.60 bits per heavy atom. The maximum absolute atomic E-state index is 9.51. The average Bonchev–Trinajstić information content (AvgIpc) is 2.84. The molecule has 20 heavy (non-hydrogen) atoms. The molecular weight excluding hydrogens is 250 g/mol. The molecule has 1 aromatic heterocycles. The third-order valence-electron chi connectivity index (χ3n) is 3.60. The Morgan fingerprint density at radius 1 is 1.00 bits per heavy atom. The molecule has 0 unspecified atom stereocenters. The Bertz CT molecular complexity index is 580. The first kappa shape index (κ1) is 14.7. The minimum Gasteiger partial charge on any atom is -0.388 e. The summed E-state index contributed by atoms with van der Waals surface area (Å²) in [6.07, 6.45) is 0. The number of benzene rings is 1. The van der Waals surface area contributed by atoms with Gasteiger partial charge < -0.3 is 9.67 Å². The van der Waals surface area contributed by atoms with Crippen molar-refractivity contribution in [2.45, 2.75) is 52.2 Å². The van der Waals surface area contributed by atoms with Gasteiger partial charge in [-0.25, -0.2) is 0 Å². The molecule has 0 amide bonds. The van der Waals surface area contributed by atoms with Crippen LogP contribution in [0.2, 0.25) is 0 Å². The van der Waals surface area contributed by atoms with Crippen molar-refractivity contribution in [1.82, 2.24) is 14.8 Å². The zero-order chi connectivity index (χ0) is 15.0. The molecule has 0 fully saturated rings. The second kappa shape index (κ2) is 5.02. The van der Waals surface area contributed by atoms with Crippen LogP contribution in [0.1, 0.15) is 51.8 Å². The summed E-state index contributed by atoms with van der Waals surface area (Å²) in [5.74, 6) is 1.48. The van der Waals surface area contributed by atoms with Gasteiger partial charge in [-0.3, -0.25) is 0 Å². The van der Waals surface area contributed by atoms with Crippen LogP contribution in [-0.4, -0.2) is 19.9 Å². The molecule has 4 nitrogen and oxygen atoms in total. The molecule has 0 aliphatic heterocycles. The molecule has 0 radical (unpaired) electrons. The van der Waals surface area contributed by atoms with Gasteiger partial charge in [-0.2, -0.15) is 0 Å². The Balaban J connectivity index is 2.61. The van der Waals surface area contributed by atoms with Crippen molar-refractivity contribution in [3.63, 3.8) is 0 Å². The first-order valence-corrected chi connectivity index (χ1v) is 6.90. The molecule has 0 aliphatic rings. The van der Waals surface area contributed by atoms with Gasteiger partial charge in [-0.15, -0.1) is 10.2 Å². The lowest BCUT2D eigenvalue weighted by Crippen LogP contribution is -2.33. The van der Waals surface area contributed by atoms with Crippen molar-refractivity contribution in [3.05, 3.63) is 47.5 Å². The smallest absolute Gasteiger partial charge is 0.159 e. The summed E-state index contributed by atoms with van der Waals surface area (Å²) in [6, 6.07) is 10.3. The Morgan fingerprint density at radius 3 is 2.10 bits per heavy atom. The fraction of sp³-hybridized carbons (Fsp3) is 0.500. The van der Waals surface area contributed by atoms with Gasteiger partial charge in [0.15, 0.2) is 5.82 Å². The van der Waals surface area contributed by atoms with Crippen LogP contribution < -0.4 is 0 Å². The van der Waals surface area contributed by atoms with Crippen molar-refractivity contribution in [1.29, 1.82) is 0 Å². The van der Waals surface area contributed by atoms with Crippen molar-refractivity contribution < 1.29 is 5.11 Å². The van der Waals surface area contributed by atoms with E-state index in [1.54, 1.807) is 0 Å². The van der Waals surface area contributed by atoms with Crippen LogP contribution in [-0.2, 0) is 17.6 Å². The molecule has 2 aromatic rings. The molecule has 1 aromatic carbocycles. The van der Waals surface area contributed by atoms with Gasteiger partial charge in [0.05, 0.1) is 0 Å². The van der Waals surface area contributed by atoms with Crippen molar-refractivity contribution in [3.8, 4) is 0 Å². The molecular formula is C16H23N3O. The lowest BCUT2D eigenvalue weighted by Gasteiger charge is -2.31. The predicted molar refractivity (Wildman–Crippen MR) is 79.5 cm³/mol. The van der Waals surface area contributed by atoms with Gasteiger partial charge in [-0.1, -0.05) is 30.3 Å². The van der Waals surface area contributed by atoms with E-state index < -0.39 is 0 Å².